The second-order valence-electron chi connectivity index (χ2n) is 5.16. The SMILES string of the molecule is NCC1(NC(=O)C2CC=CCC2)CCCC1. The third-order valence-corrected chi connectivity index (χ3v) is 3.98. The summed E-state index contributed by atoms with van der Waals surface area (Å²) in [5.41, 5.74) is 5.73. The molecule has 90 valence electrons. The van der Waals surface area contributed by atoms with E-state index in [2.05, 4.69) is 17.5 Å². The standard InChI is InChI=1S/C13H22N2O/c14-10-13(8-4-5-9-13)15-12(16)11-6-2-1-3-7-11/h1-2,11H,3-10,14H2,(H,15,16). The summed E-state index contributed by atoms with van der Waals surface area (Å²) in [5, 5.41) is 3.21. The molecule has 3 nitrogen and oxygen atoms in total. The monoisotopic (exact) mass is 222 g/mol. The number of allylic oxidation sites excluding steroid dienone is 2. The summed E-state index contributed by atoms with van der Waals surface area (Å²) in [4.78, 5) is 12.1. The van der Waals surface area contributed by atoms with Crippen molar-refractivity contribution in [2.24, 2.45) is 11.7 Å². The molecule has 0 aromatic rings. The van der Waals surface area contributed by atoms with Crippen LogP contribution in [0.1, 0.15) is 44.9 Å². The van der Waals surface area contributed by atoms with Crippen molar-refractivity contribution in [1.82, 2.24) is 5.32 Å². The van der Waals surface area contributed by atoms with Gasteiger partial charge in [-0.15, -0.1) is 0 Å². The smallest absolute Gasteiger partial charge is 0.223 e. The van der Waals surface area contributed by atoms with Crippen LogP contribution >= 0.6 is 0 Å². The van der Waals surface area contributed by atoms with Gasteiger partial charge in [0.25, 0.3) is 0 Å². The molecule has 0 aromatic carbocycles. The Morgan fingerprint density at radius 2 is 2.12 bits per heavy atom. The van der Waals surface area contributed by atoms with E-state index in [4.69, 9.17) is 5.73 Å². The van der Waals surface area contributed by atoms with E-state index in [-0.39, 0.29) is 17.4 Å². The van der Waals surface area contributed by atoms with Crippen molar-refractivity contribution in [2.45, 2.75) is 50.5 Å². The first kappa shape index (κ1) is 11.6. The Labute approximate surface area is 97.5 Å². The molecule has 0 aliphatic heterocycles. The zero-order valence-corrected chi connectivity index (χ0v) is 9.87. The summed E-state index contributed by atoms with van der Waals surface area (Å²) < 4.78 is 0. The number of carbonyl (C=O) groups excluding carboxylic acids is 1. The molecule has 1 unspecified atom stereocenters. The van der Waals surface area contributed by atoms with Gasteiger partial charge < -0.3 is 11.1 Å². The lowest BCUT2D eigenvalue weighted by atomic mass is 9.91. The molecule has 0 bridgehead atoms. The van der Waals surface area contributed by atoms with Gasteiger partial charge in [0, 0.05) is 12.5 Å². The van der Waals surface area contributed by atoms with Gasteiger partial charge in [-0.3, -0.25) is 4.79 Å². The highest BCUT2D eigenvalue weighted by Crippen LogP contribution is 2.29. The van der Waals surface area contributed by atoms with E-state index in [1.165, 1.54) is 12.8 Å². The Morgan fingerprint density at radius 1 is 1.38 bits per heavy atom. The number of amides is 1. The lowest BCUT2D eigenvalue weighted by molar-refractivity contribution is -0.127. The maximum absolute atomic E-state index is 12.1. The minimum atomic E-state index is -0.0851. The number of nitrogens with two attached hydrogens (primary N) is 1. The molecule has 0 saturated heterocycles. The highest BCUT2D eigenvalue weighted by Gasteiger charge is 2.35. The number of carbonyl (C=O) groups is 1. The van der Waals surface area contributed by atoms with Crippen LogP contribution in [0.15, 0.2) is 12.2 Å². The highest BCUT2D eigenvalue weighted by molar-refractivity contribution is 5.79. The highest BCUT2D eigenvalue weighted by atomic mass is 16.2. The van der Waals surface area contributed by atoms with Crippen LogP contribution in [0.4, 0.5) is 0 Å². The molecule has 1 amide bonds. The van der Waals surface area contributed by atoms with Crippen molar-refractivity contribution < 1.29 is 4.79 Å². The molecular formula is C13H22N2O. The molecule has 1 fully saturated rings. The Kier molecular flexibility index (Phi) is 3.64. The van der Waals surface area contributed by atoms with Crippen LogP contribution in [0.3, 0.4) is 0 Å². The number of nitrogens with one attached hydrogen (secondary N) is 1. The van der Waals surface area contributed by atoms with Crippen molar-refractivity contribution in [1.29, 1.82) is 0 Å². The molecule has 2 aliphatic carbocycles. The fraction of sp³-hybridized carbons (Fsp3) is 0.769. The van der Waals surface area contributed by atoms with Crippen LogP contribution in [-0.2, 0) is 4.79 Å². The van der Waals surface area contributed by atoms with Gasteiger partial charge in [0.05, 0.1) is 5.54 Å². The van der Waals surface area contributed by atoms with E-state index in [0.29, 0.717) is 6.54 Å². The molecule has 0 aromatic heterocycles. The van der Waals surface area contributed by atoms with Crippen LogP contribution in [0, 0.1) is 5.92 Å². The average molecular weight is 222 g/mol. The molecule has 2 rings (SSSR count). The predicted octanol–water partition coefficient (Wildman–Crippen LogP) is 1.73. The first-order valence-electron chi connectivity index (χ1n) is 6.43. The van der Waals surface area contributed by atoms with Gasteiger partial charge in [0.15, 0.2) is 0 Å². The summed E-state index contributed by atoms with van der Waals surface area (Å²) in [7, 11) is 0. The van der Waals surface area contributed by atoms with E-state index in [1.54, 1.807) is 0 Å². The van der Waals surface area contributed by atoms with Gasteiger partial charge in [0.1, 0.15) is 0 Å². The van der Waals surface area contributed by atoms with Crippen molar-refractivity contribution in [3.8, 4) is 0 Å². The maximum Gasteiger partial charge on any atom is 0.223 e. The molecule has 1 saturated carbocycles. The molecule has 3 heteroatoms. The number of hydrogen-bond donors (Lipinski definition) is 2. The Bertz CT molecular complexity index is 280. The predicted molar refractivity (Wildman–Crippen MR) is 64.9 cm³/mol. The third kappa shape index (κ3) is 2.46. The molecule has 0 heterocycles. The van der Waals surface area contributed by atoms with Crippen LogP contribution in [0.2, 0.25) is 0 Å². The molecule has 16 heavy (non-hydrogen) atoms. The summed E-state index contributed by atoms with van der Waals surface area (Å²) in [6.45, 7) is 0.585. The van der Waals surface area contributed by atoms with E-state index < -0.39 is 0 Å². The molecule has 0 radical (unpaired) electrons. The van der Waals surface area contributed by atoms with Gasteiger partial charge >= 0.3 is 0 Å². The summed E-state index contributed by atoms with van der Waals surface area (Å²) in [6, 6.07) is 0. The number of rotatable bonds is 3. The lowest BCUT2D eigenvalue weighted by Crippen LogP contribution is -2.53. The first-order chi connectivity index (χ1) is 7.76. The van der Waals surface area contributed by atoms with E-state index in [1.807, 2.05) is 0 Å². The molecular weight excluding hydrogens is 200 g/mol. The minimum Gasteiger partial charge on any atom is -0.349 e. The molecule has 0 spiro atoms. The Morgan fingerprint density at radius 3 is 2.69 bits per heavy atom. The Hall–Kier alpha value is -0.830. The fourth-order valence-corrected chi connectivity index (χ4v) is 2.83. The van der Waals surface area contributed by atoms with Crippen LogP contribution in [-0.4, -0.2) is 18.0 Å². The second-order valence-corrected chi connectivity index (χ2v) is 5.16. The number of hydrogen-bond acceptors (Lipinski definition) is 2. The normalized spacial score (nSPS) is 27.9. The van der Waals surface area contributed by atoms with Crippen molar-refractivity contribution in [3.05, 3.63) is 12.2 Å². The van der Waals surface area contributed by atoms with Gasteiger partial charge in [-0.05, 0) is 32.1 Å². The average Bonchev–Trinajstić information content (AvgIpc) is 2.79. The second kappa shape index (κ2) is 5.00. The van der Waals surface area contributed by atoms with Gasteiger partial charge in [-0.2, -0.15) is 0 Å². The Balaban J connectivity index is 1.92. The van der Waals surface area contributed by atoms with E-state index >= 15 is 0 Å². The largest absolute Gasteiger partial charge is 0.349 e. The van der Waals surface area contributed by atoms with Crippen LogP contribution < -0.4 is 11.1 Å². The van der Waals surface area contributed by atoms with Gasteiger partial charge in [-0.25, -0.2) is 0 Å². The zero-order valence-electron chi connectivity index (χ0n) is 9.87. The van der Waals surface area contributed by atoms with E-state index in [0.717, 1.165) is 32.1 Å². The van der Waals surface area contributed by atoms with Crippen molar-refractivity contribution >= 4 is 5.91 Å². The van der Waals surface area contributed by atoms with Crippen molar-refractivity contribution in [2.75, 3.05) is 6.54 Å². The van der Waals surface area contributed by atoms with Crippen molar-refractivity contribution in [3.63, 3.8) is 0 Å². The van der Waals surface area contributed by atoms with Crippen LogP contribution in [0.25, 0.3) is 0 Å². The molecule has 1 atom stereocenters. The van der Waals surface area contributed by atoms with Crippen LogP contribution in [0.5, 0.6) is 0 Å². The first-order valence-corrected chi connectivity index (χ1v) is 6.43. The lowest BCUT2D eigenvalue weighted by Gasteiger charge is -2.31. The summed E-state index contributed by atoms with van der Waals surface area (Å²) >= 11 is 0. The minimum absolute atomic E-state index is 0.0851. The summed E-state index contributed by atoms with van der Waals surface area (Å²) in [5.74, 6) is 0.394. The molecule has 3 N–H and O–H groups in total. The maximum atomic E-state index is 12.1. The quantitative estimate of drug-likeness (QED) is 0.714. The van der Waals surface area contributed by atoms with E-state index in [9.17, 15) is 4.79 Å². The topological polar surface area (TPSA) is 55.1 Å². The fourth-order valence-electron chi connectivity index (χ4n) is 2.83. The third-order valence-electron chi connectivity index (χ3n) is 3.98. The zero-order chi connectivity index (χ0) is 11.4. The van der Waals surface area contributed by atoms with Gasteiger partial charge in [0.2, 0.25) is 5.91 Å². The summed E-state index contributed by atoms with van der Waals surface area (Å²) in [6.07, 6.45) is 11.7. The van der Waals surface area contributed by atoms with Gasteiger partial charge in [-0.1, -0.05) is 25.0 Å². The molecule has 2 aliphatic rings.